The van der Waals surface area contributed by atoms with Crippen LogP contribution in [0.3, 0.4) is 0 Å². The number of rotatable bonds is 5. The summed E-state index contributed by atoms with van der Waals surface area (Å²) >= 11 is 1.44. The maximum absolute atomic E-state index is 13.1. The number of thiophene rings is 1. The molecule has 2 heterocycles. The number of carbonyl (C=O) groups excluding carboxylic acids is 1. The minimum Gasteiger partial charge on any atom is -0.467 e. The summed E-state index contributed by atoms with van der Waals surface area (Å²) in [6, 6.07) is 14.1. The summed E-state index contributed by atoms with van der Waals surface area (Å²) in [4.78, 5) is 16.4. The highest BCUT2D eigenvalue weighted by Crippen LogP contribution is 2.33. The van der Waals surface area contributed by atoms with E-state index in [-0.39, 0.29) is 11.7 Å². The minimum absolute atomic E-state index is 0.0345. The number of nitrogens with zero attached hydrogens (tertiary/aromatic N) is 1. The van der Waals surface area contributed by atoms with E-state index >= 15 is 0 Å². The maximum atomic E-state index is 13.1. The molecule has 3 aromatic rings. The molecule has 1 saturated carbocycles. The molecule has 2 aromatic heterocycles. The van der Waals surface area contributed by atoms with Gasteiger partial charge in [-0.25, -0.2) is 4.39 Å². The Balaban J connectivity index is 1.56. The fourth-order valence-electron chi connectivity index (χ4n) is 2.69. The summed E-state index contributed by atoms with van der Waals surface area (Å²) < 4.78 is 18.4. The second kappa shape index (κ2) is 6.24. The maximum Gasteiger partial charge on any atom is 0.264 e. The molecule has 1 aromatic carbocycles. The Kier molecular flexibility index (Phi) is 3.94. The van der Waals surface area contributed by atoms with E-state index in [0.717, 1.165) is 29.0 Å². The molecule has 1 fully saturated rings. The molecule has 0 unspecified atom stereocenters. The SMILES string of the molecule is O=C(c1ccc(-c2ccc(F)cc2)s1)N(Cc1ccco1)C1CC1. The van der Waals surface area contributed by atoms with Crippen LogP contribution in [0, 0.1) is 5.82 Å². The summed E-state index contributed by atoms with van der Waals surface area (Å²) in [7, 11) is 0. The molecule has 3 nitrogen and oxygen atoms in total. The van der Waals surface area contributed by atoms with E-state index < -0.39 is 0 Å². The van der Waals surface area contributed by atoms with Crippen LogP contribution in [0.1, 0.15) is 28.3 Å². The van der Waals surface area contributed by atoms with Crippen LogP contribution < -0.4 is 0 Å². The number of amides is 1. The molecule has 0 aliphatic heterocycles. The number of carbonyl (C=O) groups is 1. The van der Waals surface area contributed by atoms with Gasteiger partial charge in [-0.2, -0.15) is 0 Å². The molecule has 1 aliphatic carbocycles. The minimum atomic E-state index is -0.259. The third-order valence-electron chi connectivity index (χ3n) is 4.10. The van der Waals surface area contributed by atoms with Gasteiger partial charge in [-0.05, 0) is 54.8 Å². The third kappa shape index (κ3) is 3.12. The van der Waals surface area contributed by atoms with Gasteiger partial charge in [0.05, 0.1) is 17.7 Å². The fourth-order valence-corrected chi connectivity index (χ4v) is 3.65. The zero-order chi connectivity index (χ0) is 16.5. The largest absolute Gasteiger partial charge is 0.467 e. The first-order valence-corrected chi connectivity index (χ1v) is 8.71. The summed E-state index contributed by atoms with van der Waals surface area (Å²) in [6.45, 7) is 0.500. The van der Waals surface area contributed by atoms with Gasteiger partial charge in [-0.1, -0.05) is 12.1 Å². The van der Waals surface area contributed by atoms with Crippen molar-refractivity contribution >= 4 is 17.2 Å². The smallest absolute Gasteiger partial charge is 0.264 e. The van der Waals surface area contributed by atoms with Gasteiger partial charge in [0, 0.05) is 10.9 Å². The highest BCUT2D eigenvalue weighted by atomic mass is 32.1. The Morgan fingerprint density at radius 3 is 2.62 bits per heavy atom. The van der Waals surface area contributed by atoms with Crippen molar-refractivity contribution in [1.82, 2.24) is 4.90 Å². The fraction of sp³-hybridized carbons (Fsp3) is 0.211. The molecule has 0 N–H and O–H groups in total. The van der Waals surface area contributed by atoms with Gasteiger partial charge < -0.3 is 9.32 Å². The van der Waals surface area contributed by atoms with Gasteiger partial charge >= 0.3 is 0 Å². The first-order valence-electron chi connectivity index (χ1n) is 7.90. The molecule has 122 valence electrons. The topological polar surface area (TPSA) is 33.5 Å². The zero-order valence-corrected chi connectivity index (χ0v) is 13.8. The molecule has 0 atom stereocenters. The number of hydrogen-bond acceptors (Lipinski definition) is 3. The lowest BCUT2D eigenvalue weighted by Crippen LogP contribution is -2.31. The number of halogens is 1. The standard InChI is InChI=1S/C19H16FNO2S/c20-14-5-3-13(4-6-14)17-9-10-18(24-17)19(22)21(15-7-8-15)12-16-2-1-11-23-16/h1-6,9-11,15H,7-8,12H2. The molecule has 1 aliphatic rings. The van der Waals surface area contributed by atoms with Gasteiger partial charge in [0.15, 0.2) is 0 Å². The van der Waals surface area contributed by atoms with Crippen molar-refractivity contribution in [3.05, 3.63) is 71.2 Å². The first-order chi connectivity index (χ1) is 11.7. The van der Waals surface area contributed by atoms with Crippen molar-refractivity contribution in [3.63, 3.8) is 0 Å². The Bertz CT molecular complexity index is 835. The molecular weight excluding hydrogens is 325 g/mol. The van der Waals surface area contributed by atoms with Crippen LogP contribution in [0.15, 0.2) is 59.2 Å². The molecule has 0 saturated heterocycles. The number of hydrogen-bond donors (Lipinski definition) is 0. The van der Waals surface area contributed by atoms with Gasteiger partial charge in [0.25, 0.3) is 5.91 Å². The lowest BCUT2D eigenvalue weighted by Gasteiger charge is -2.20. The Labute approximate surface area is 143 Å². The van der Waals surface area contributed by atoms with Crippen molar-refractivity contribution in [2.75, 3.05) is 0 Å². The monoisotopic (exact) mass is 341 g/mol. The summed E-state index contributed by atoms with van der Waals surface area (Å²) in [5.74, 6) is 0.572. The van der Waals surface area contributed by atoms with Gasteiger partial charge in [0.1, 0.15) is 11.6 Å². The first kappa shape index (κ1) is 15.1. The lowest BCUT2D eigenvalue weighted by atomic mass is 10.2. The molecular formula is C19H16FNO2S. The van der Waals surface area contributed by atoms with E-state index in [4.69, 9.17) is 4.42 Å². The van der Waals surface area contributed by atoms with Gasteiger partial charge in [-0.15, -0.1) is 11.3 Å². The van der Waals surface area contributed by atoms with Crippen LogP contribution in [0.25, 0.3) is 10.4 Å². The van der Waals surface area contributed by atoms with E-state index in [2.05, 4.69) is 0 Å². The van der Waals surface area contributed by atoms with Crippen LogP contribution >= 0.6 is 11.3 Å². The van der Waals surface area contributed by atoms with Crippen LogP contribution in [0.2, 0.25) is 0 Å². The van der Waals surface area contributed by atoms with Crippen molar-refractivity contribution in [1.29, 1.82) is 0 Å². The van der Waals surface area contributed by atoms with E-state index in [1.165, 1.54) is 23.5 Å². The van der Waals surface area contributed by atoms with Crippen molar-refractivity contribution in [2.45, 2.75) is 25.4 Å². The quantitative estimate of drug-likeness (QED) is 0.658. The van der Waals surface area contributed by atoms with Crippen LogP contribution in [-0.2, 0) is 6.54 Å². The van der Waals surface area contributed by atoms with Crippen molar-refractivity contribution in [3.8, 4) is 10.4 Å². The average molecular weight is 341 g/mol. The van der Waals surface area contributed by atoms with Gasteiger partial charge in [-0.3, -0.25) is 4.79 Å². The normalized spacial score (nSPS) is 13.9. The Morgan fingerprint density at radius 1 is 1.17 bits per heavy atom. The predicted octanol–water partition coefficient (Wildman–Crippen LogP) is 4.95. The number of furan rings is 1. The Morgan fingerprint density at radius 2 is 1.96 bits per heavy atom. The van der Waals surface area contributed by atoms with Crippen LogP contribution in [0.5, 0.6) is 0 Å². The lowest BCUT2D eigenvalue weighted by molar-refractivity contribution is 0.0722. The molecule has 4 rings (SSSR count). The van der Waals surface area contributed by atoms with Crippen molar-refractivity contribution in [2.24, 2.45) is 0 Å². The number of benzene rings is 1. The highest BCUT2D eigenvalue weighted by Gasteiger charge is 2.34. The van der Waals surface area contributed by atoms with E-state index in [1.807, 2.05) is 29.2 Å². The summed E-state index contributed by atoms with van der Waals surface area (Å²) in [5.41, 5.74) is 0.921. The molecule has 1 amide bonds. The molecule has 0 bridgehead atoms. The van der Waals surface area contributed by atoms with Crippen LogP contribution in [0.4, 0.5) is 4.39 Å². The van der Waals surface area contributed by atoms with Crippen molar-refractivity contribution < 1.29 is 13.6 Å². The van der Waals surface area contributed by atoms with E-state index in [0.29, 0.717) is 17.5 Å². The molecule has 0 spiro atoms. The predicted molar refractivity (Wildman–Crippen MR) is 91.3 cm³/mol. The van der Waals surface area contributed by atoms with Crippen LogP contribution in [-0.4, -0.2) is 16.8 Å². The zero-order valence-electron chi connectivity index (χ0n) is 12.9. The molecule has 0 radical (unpaired) electrons. The highest BCUT2D eigenvalue weighted by molar-refractivity contribution is 7.17. The average Bonchev–Trinajstić information content (AvgIpc) is 3.10. The van der Waals surface area contributed by atoms with Gasteiger partial charge in [0.2, 0.25) is 0 Å². The van der Waals surface area contributed by atoms with E-state index in [1.54, 1.807) is 18.4 Å². The summed E-state index contributed by atoms with van der Waals surface area (Å²) in [5, 5.41) is 0. The molecule has 5 heteroatoms. The Hall–Kier alpha value is -2.40. The molecule has 24 heavy (non-hydrogen) atoms. The second-order valence-electron chi connectivity index (χ2n) is 5.91. The van der Waals surface area contributed by atoms with E-state index in [9.17, 15) is 9.18 Å². The summed E-state index contributed by atoms with van der Waals surface area (Å²) in [6.07, 6.45) is 3.72. The second-order valence-corrected chi connectivity index (χ2v) is 7.00. The third-order valence-corrected chi connectivity index (χ3v) is 5.22.